The van der Waals surface area contributed by atoms with Crippen LogP contribution in [0.1, 0.15) is 18.4 Å². The van der Waals surface area contributed by atoms with Crippen LogP contribution < -0.4 is 4.90 Å². The predicted octanol–water partition coefficient (Wildman–Crippen LogP) is 8.10. The van der Waals surface area contributed by atoms with Gasteiger partial charge in [0.25, 0.3) is 0 Å². The number of rotatable bonds is 5. The van der Waals surface area contributed by atoms with Crippen molar-refractivity contribution in [1.82, 2.24) is 4.98 Å². The van der Waals surface area contributed by atoms with Crippen LogP contribution in [0.5, 0.6) is 0 Å². The fraction of sp³-hybridized carbons (Fsp3) is 0.227. The summed E-state index contributed by atoms with van der Waals surface area (Å²) in [4.78, 5) is 7.88. The molecule has 5 rings (SSSR count). The third kappa shape index (κ3) is 4.29. The van der Waals surface area contributed by atoms with Crippen molar-refractivity contribution in [3.05, 3.63) is 60.2 Å². The largest absolute Gasteiger partial charge is 0.372 e. The Hall–Kier alpha value is -2.97. The lowest BCUT2D eigenvalue weighted by atomic mass is 10.2. The van der Waals surface area contributed by atoms with Gasteiger partial charge < -0.3 is 4.90 Å². The van der Waals surface area contributed by atoms with E-state index in [4.69, 9.17) is 0 Å². The summed E-state index contributed by atoms with van der Waals surface area (Å²) in [6, 6.07) is 18.2. The molecule has 0 amide bonds. The van der Waals surface area contributed by atoms with Crippen LogP contribution in [0.15, 0.2) is 75.1 Å². The van der Waals surface area contributed by atoms with Gasteiger partial charge in [-0.3, -0.25) is 0 Å². The monoisotopic (exact) mass is 432 g/mol. The van der Waals surface area contributed by atoms with E-state index in [1.54, 1.807) is 0 Å². The standard InChI is InChI=1S/C22H20N6S2/c1-15-4-6-16(7-5-15)24-26-20-14-19-21(30-20)23-22(29-19)27-25-17-8-10-18(11-9-17)28-12-2-3-13-28/h4-11,14H,2-3,12-13H2,1H3. The molecule has 150 valence electrons. The number of azo groups is 2. The minimum Gasteiger partial charge on any atom is -0.372 e. The number of aryl methyl sites for hydroxylation is 1. The van der Waals surface area contributed by atoms with Crippen LogP contribution in [0, 0.1) is 6.92 Å². The number of aromatic nitrogens is 1. The van der Waals surface area contributed by atoms with Crippen LogP contribution in [0.4, 0.5) is 27.2 Å². The summed E-state index contributed by atoms with van der Waals surface area (Å²) in [5.74, 6) is 0. The Labute approximate surface area is 182 Å². The van der Waals surface area contributed by atoms with Gasteiger partial charge in [0.15, 0.2) is 0 Å². The minimum atomic E-state index is 0.655. The summed E-state index contributed by atoms with van der Waals surface area (Å²) >= 11 is 3.02. The lowest BCUT2D eigenvalue weighted by molar-refractivity contribution is 0.949. The molecule has 0 atom stereocenters. The highest BCUT2D eigenvalue weighted by Gasteiger charge is 2.12. The van der Waals surface area contributed by atoms with Crippen molar-refractivity contribution in [2.45, 2.75) is 19.8 Å². The van der Waals surface area contributed by atoms with Gasteiger partial charge in [0.05, 0.1) is 16.1 Å². The minimum absolute atomic E-state index is 0.655. The van der Waals surface area contributed by atoms with Gasteiger partial charge in [0.1, 0.15) is 9.83 Å². The Bertz CT molecular complexity index is 1170. The summed E-state index contributed by atoms with van der Waals surface area (Å²) in [5.41, 5.74) is 4.15. The molecule has 1 aliphatic heterocycles. The molecular formula is C22H20N6S2. The van der Waals surface area contributed by atoms with Crippen molar-refractivity contribution in [1.29, 1.82) is 0 Å². The van der Waals surface area contributed by atoms with E-state index in [-0.39, 0.29) is 0 Å². The molecule has 0 bridgehead atoms. The first kappa shape index (κ1) is 19.0. The average molecular weight is 433 g/mol. The van der Waals surface area contributed by atoms with Crippen molar-refractivity contribution in [2.75, 3.05) is 18.0 Å². The van der Waals surface area contributed by atoms with E-state index in [1.807, 2.05) is 42.5 Å². The lowest BCUT2D eigenvalue weighted by Gasteiger charge is -2.17. The number of benzene rings is 2. The van der Waals surface area contributed by atoms with Crippen molar-refractivity contribution < 1.29 is 0 Å². The normalized spacial score (nSPS) is 14.6. The van der Waals surface area contributed by atoms with Gasteiger partial charge in [-0.15, -0.1) is 20.5 Å². The molecule has 6 nitrogen and oxygen atoms in total. The second-order valence-corrected chi connectivity index (χ2v) is 9.21. The average Bonchev–Trinajstić information content (AvgIpc) is 3.49. The Kier molecular flexibility index (Phi) is 5.33. The third-order valence-electron chi connectivity index (χ3n) is 4.93. The van der Waals surface area contributed by atoms with E-state index < -0.39 is 0 Å². The number of fused-ring (bicyclic) bond motifs is 1. The molecule has 2 aromatic carbocycles. The van der Waals surface area contributed by atoms with Gasteiger partial charge >= 0.3 is 0 Å². The molecule has 2 aromatic heterocycles. The highest BCUT2D eigenvalue weighted by Crippen LogP contribution is 2.39. The second-order valence-electron chi connectivity index (χ2n) is 7.20. The molecule has 0 spiro atoms. The molecule has 1 aliphatic rings. The van der Waals surface area contributed by atoms with Crippen LogP contribution >= 0.6 is 22.7 Å². The first-order valence-corrected chi connectivity index (χ1v) is 11.5. The van der Waals surface area contributed by atoms with Crippen LogP contribution in [-0.4, -0.2) is 18.1 Å². The van der Waals surface area contributed by atoms with Gasteiger partial charge in [-0.25, -0.2) is 4.98 Å². The third-order valence-corrected chi connectivity index (χ3v) is 6.86. The number of thiophene rings is 1. The van der Waals surface area contributed by atoms with E-state index in [0.29, 0.717) is 5.13 Å². The van der Waals surface area contributed by atoms with Gasteiger partial charge in [-0.05, 0) is 62.2 Å². The SMILES string of the molecule is Cc1ccc(N=Nc2cc3sc(N=Nc4ccc(N5CCCC5)cc4)nc3s2)cc1. The molecule has 0 aliphatic carbocycles. The predicted molar refractivity (Wildman–Crippen MR) is 125 cm³/mol. The van der Waals surface area contributed by atoms with Gasteiger partial charge in [0, 0.05) is 18.8 Å². The molecule has 1 fully saturated rings. The fourth-order valence-electron chi connectivity index (χ4n) is 3.33. The maximum atomic E-state index is 4.56. The van der Waals surface area contributed by atoms with Crippen molar-refractivity contribution in [3.63, 3.8) is 0 Å². The molecule has 0 radical (unpaired) electrons. The Morgan fingerprint density at radius 2 is 1.47 bits per heavy atom. The molecular weight excluding hydrogens is 412 g/mol. The summed E-state index contributed by atoms with van der Waals surface area (Å²) in [6.07, 6.45) is 2.55. The Balaban J connectivity index is 1.26. The van der Waals surface area contributed by atoms with Crippen LogP contribution in [0.2, 0.25) is 0 Å². The quantitative estimate of drug-likeness (QED) is 0.299. The Morgan fingerprint density at radius 1 is 0.800 bits per heavy atom. The highest BCUT2D eigenvalue weighted by atomic mass is 32.1. The number of nitrogens with zero attached hydrogens (tertiary/aromatic N) is 6. The van der Waals surface area contributed by atoms with Gasteiger partial charge in [0.2, 0.25) is 5.13 Å². The molecule has 1 saturated heterocycles. The van der Waals surface area contributed by atoms with E-state index in [9.17, 15) is 0 Å². The number of hydrogen-bond donors (Lipinski definition) is 0. The molecule has 0 unspecified atom stereocenters. The fourth-order valence-corrected chi connectivity index (χ4v) is 5.18. The van der Waals surface area contributed by atoms with Crippen molar-refractivity contribution in [3.8, 4) is 0 Å². The van der Waals surface area contributed by atoms with Gasteiger partial charge in [-0.1, -0.05) is 40.4 Å². The number of hydrogen-bond acceptors (Lipinski definition) is 8. The van der Waals surface area contributed by atoms with E-state index in [0.717, 1.165) is 39.0 Å². The number of anilines is 1. The topological polar surface area (TPSA) is 65.6 Å². The van der Waals surface area contributed by atoms with Gasteiger partial charge in [-0.2, -0.15) is 0 Å². The van der Waals surface area contributed by atoms with Crippen molar-refractivity contribution in [2.24, 2.45) is 20.5 Å². The molecule has 4 aromatic rings. The van der Waals surface area contributed by atoms with Crippen LogP contribution in [0.3, 0.4) is 0 Å². The maximum absolute atomic E-state index is 4.56. The summed E-state index contributed by atoms with van der Waals surface area (Å²) < 4.78 is 1.05. The lowest BCUT2D eigenvalue weighted by Crippen LogP contribution is -2.17. The van der Waals surface area contributed by atoms with Crippen LogP contribution in [0.25, 0.3) is 9.53 Å². The van der Waals surface area contributed by atoms with E-state index in [1.165, 1.54) is 46.8 Å². The smallest absolute Gasteiger partial charge is 0.231 e. The summed E-state index contributed by atoms with van der Waals surface area (Å²) in [7, 11) is 0. The Morgan fingerprint density at radius 3 is 2.17 bits per heavy atom. The molecule has 0 saturated carbocycles. The first-order chi connectivity index (χ1) is 14.7. The van der Waals surface area contributed by atoms with E-state index in [2.05, 4.69) is 49.4 Å². The molecule has 30 heavy (non-hydrogen) atoms. The van der Waals surface area contributed by atoms with Crippen LogP contribution in [-0.2, 0) is 0 Å². The van der Waals surface area contributed by atoms with E-state index >= 15 is 0 Å². The van der Waals surface area contributed by atoms with Crippen molar-refractivity contribution >= 4 is 59.4 Å². The highest BCUT2D eigenvalue weighted by molar-refractivity contribution is 7.30. The zero-order valence-electron chi connectivity index (χ0n) is 16.5. The molecule has 3 heterocycles. The zero-order chi connectivity index (χ0) is 20.3. The molecule has 0 N–H and O–H groups in total. The number of thiazole rings is 1. The molecule has 8 heteroatoms. The maximum Gasteiger partial charge on any atom is 0.231 e. The zero-order valence-corrected chi connectivity index (χ0v) is 18.2. The summed E-state index contributed by atoms with van der Waals surface area (Å²) in [6.45, 7) is 4.34. The first-order valence-electron chi connectivity index (χ1n) is 9.88. The summed E-state index contributed by atoms with van der Waals surface area (Å²) in [5, 5.41) is 18.8. The second kappa shape index (κ2) is 8.41.